The van der Waals surface area contributed by atoms with Gasteiger partial charge in [-0.05, 0) is 60.8 Å². The summed E-state index contributed by atoms with van der Waals surface area (Å²) in [5.41, 5.74) is 3.04. The maximum atomic E-state index is 6.60. The molecule has 0 radical (unpaired) electrons. The van der Waals surface area contributed by atoms with E-state index >= 15 is 0 Å². The van der Waals surface area contributed by atoms with Gasteiger partial charge in [-0.1, -0.05) is 23.7 Å². The van der Waals surface area contributed by atoms with Crippen molar-refractivity contribution in [1.82, 2.24) is 14.6 Å². The Bertz CT molecular complexity index is 981. The van der Waals surface area contributed by atoms with Crippen LogP contribution in [-0.4, -0.2) is 28.3 Å². The largest absolute Gasteiger partial charge is 0.497 e. The highest BCUT2D eigenvalue weighted by atomic mass is 35.5. The van der Waals surface area contributed by atoms with E-state index in [0.717, 1.165) is 41.8 Å². The molecule has 6 heteroatoms. The van der Waals surface area contributed by atoms with Crippen molar-refractivity contribution in [2.24, 2.45) is 11.8 Å². The molecule has 5 nitrogen and oxygen atoms in total. The summed E-state index contributed by atoms with van der Waals surface area (Å²) in [7, 11) is 1.71. The number of rotatable bonds is 7. The van der Waals surface area contributed by atoms with Crippen molar-refractivity contribution in [3.63, 3.8) is 0 Å². The van der Waals surface area contributed by atoms with Gasteiger partial charge in [-0.3, -0.25) is 4.40 Å². The first kappa shape index (κ1) is 16.9. The number of nitrogens with zero attached hydrogens (tertiary/aromatic N) is 3. The Hall–Kier alpha value is -2.27. The molecule has 0 unspecified atom stereocenters. The Labute approximate surface area is 163 Å². The molecule has 2 aromatic heterocycles. The van der Waals surface area contributed by atoms with Crippen LogP contribution in [0.3, 0.4) is 0 Å². The Kier molecular flexibility index (Phi) is 4.20. The molecule has 1 aromatic carbocycles. The van der Waals surface area contributed by atoms with E-state index in [4.69, 9.17) is 16.3 Å². The molecule has 2 heterocycles. The fourth-order valence-electron chi connectivity index (χ4n) is 3.82. The molecule has 3 aromatic rings. The summed E-state index contributed by atoms with van der Waals surface area (Å²) >= 11 is 6.60. The van der Waals surface area contributed by atoms with E-state index in [1.165, 1.54) is 24.8 Å². The van der Waals surface area contributed by atoms with Gasteiger partial charge in [-0.2, -0.15) is 0 Å². The van der Waals surface area contributed by atoms with Crippen molar-refractivity contribution in [2.75, 3.05) is 19.0 Å². The number of fused-ring (bicyclic) bond motifs is 1. The zero-order valence-electron chi connectivity index (χ0n) is 15.4. The van der Waals surface area contributed by atoms with Crippen LogP contribution in [0.2, 0.25) is 5.02 Å². The lowest BCUT2D eigenvalue weighted by atomic mass is 10.1. The first-order valence-corrected chi connectivity index (χ1v) is 10.0. The fraction of sp³-hybridized carbons (Fsp3) is 0.429. The lowest BCUT2D eigenvalue weighted by Crippen LogP contribution is -2.06. The minimum atomic E-state index is 0.591. The predicted molar refractivity (Wildman–Crippen MR) is 107 cm³/mol. The zero-order valence-corrected chi connectivity index (χ0v) is 16.1. The Balaban J connectivity index is 1.26. The van der Waals surface area contributed by atoms with E-state index in [1.54, 1.807) is 7.11 Å². The van der Waals surface area contributed by atoms with E-state index in [-0.39, 0.29) is 0 Å². The third-order valence-corrected chi connectivity index (χ3v) is 6.13. The number of anilines is 1. The summed E-state index contributed by atoms with van der Waals surface area (Å²) in [6.07, 6.45) is 6.83. The third-order valence-electron chi connectivity index (χ3n) is 5.76. The van der Waals surface area contributed by atoms with Gasteiger partial charge in [0.2, 0.25) is 0 Å². The second-order valence-corrected chi connectivity index (χ2v) is 8.14. The summed E-state index contributed by atoms with van der Waals surface area (Å²) in [4.78, 5) is 0. The van der Waals surface area contributed by atoms with Gasteiger partial charge < -0.3 is 10.1 Å². The molecular formula is C21H23ClN4O. The number of hydrogen-bond acceptors (Lipinski definition) is 4. The monoisotopic (exact) mass is 382 g/mol. The Morgan fingerprint density at radius 2 is 2.15 bits per heavy atom. The number of pyridine rings is 1. The molecular weight excluding hydrogens is 360 g/mol. The van der Waals surface area contributed by atoms with Crippen LogP contribution in [0.5, 0.6) is 5.75 Å². The third kappa shape index (κ3) is 3.36. The van der Waals surface area contributed by atoms with Crippen molar-refractivity contribution in [3.8, 4) is 5.75 Å². The number of nitrogens with one attached hydrogen (secondary N) is 1. The van der Waals surface area contributed by atoms with Gasteiger partial charge >= 0.3 is 0 Å². The van der Waals surface area contributed by atoms with Gasteiger partial charge in [0.1, 0.15) is 16.6 Å². The molecule has 2 saturated carbocycles. The molecule has 0 aliphatic heterocycles. The summed E-state index contributed by atoms with van der Waals surface area (Å²) < 4.78 is 7.37. The SMILES string of the molecule is COc1cccc([C@H]2C[C@@H]2CNc2ccn3c(CC4CC4)nnc3c2Cl)c1. The minimum Gasteiger partial charge on any atom is -0.497 e. The van der Waals surface area contributed by atoms with Crippen molar-refractivity contribution in [3.05, 3.63) is 52.9 Å². The highest BCUT2D eigenvalue weighted by molar-refractivity contribution is 6.36. The van der Waals surface area contributed by atoms with E-state index in [0.29, 0.717) is 16.9 Å². The summed E-state index contributed by atoms with van der Waals surface area (Å²) in [6, 6.07) is 10.4. The first-order valence-electron chi connectivity index (χ1n) is 9.63. The van der Waals surface area contributed by atoms with Gasteiger partial charge in [0.25, 0.3) is 0 Å². The topological polar surface area (TPSA) is 51.5 Å². The summed E-state index contributed by atoms with van der Waals surface area (Å²) in [5.74, 6) is 3.92. The van der Waals surface area contributed by atoms with Gasteiger partial charge in [0, 0.05) is 19.2 Å². The molecule has 0 saturated heterocycles. The van der Waals surface area contributed by atoms with Crippen molar-refractivity contribution in [1.29, 1.82) is 0 Å². The fourth-order valence-corrected chi connectivity index (χ4v) is 4.08. The molecule has 2 atom stereocenters. The molecule has 1 N–H and O–H groups in total. The van der Waals surface area contributed by atoms with Crippen LogP contribution < -0.4 is 10.1 Å². The molecule has 0 spiro atoms. The first-order chi connectivity index (χ1) is 13.2. The van der Waals surface area contributed by atoms with Crippen LogP contribution in [0, 0.1) is 11.8 Å². The van der Waals surface area contributed by atoms with E-state index in [1.807, 2.05) is 22.7 Å². The van der Waals surface area contributed by atoms with Crippen LogP contribution >= 0.6 is 11.6 Å². The Morgan fingerprint density at radius 1 is 1.26 bits per heavy atom. The maximum absolute atomic E-state index is 6.60. The number of methoxy groups -OCH3 is 1. The number of ether oxygens (including phenoxy) is 1. The van der Waals surface area contributed by atoms with E-state index in [9.17, 15) is 0 Å². The quantitative estimate of drug-likeness (QED) is 0.650. The summed E-state index contributed by atoms with van der Waals surface area (Å²) in [6.45, 7) is 0.904. The molecule has 140 valence electrons. The average molecular weight is 383 g/mol. The van der Waals surface area contributed by atoms with Gasteiger partial charge in [-0.25, -0.2) is 0 Å². The normalized spacial score (nSPS) is 21.4. The molecule has 2 aliphatic carbocycles. The van der Waals surface area contributed by atoms with Crippen LogP contribution in [0.1, 0.15) is 36.6 Å². The second kappa shape index (κ2) is 6.71. The highest BCUT2D eigenvalue weighted by Gasteiger charge is 2.38. The summed E-state index contributed by atoms with van der Waals surface area (Å²) in [5, 5.41) is 12.8. The van der Waals surface area contributed by atoms with Crippen molar-refractivity contribution < 1.29 is 4.74 Å². The Morgan fingerprint density at radius 3 is 2.96 bits per heavy atom. The molecule has 27 heavy (non-hydrogen) atoms. The predicted octanol–water partition coefficient (Wildman–Crippen LogP) is 4.56. The maximum Gasteiger partial charge on any atom is 0.181 e. The minimum absolute atomic E-state index is 0.591. The lowest BCUT2D eigenvalue weighted by Gasteiger charge is -2.10. The second-order valence-electron chi connectivity index (χ2n) is 7.76. The van der Waals surface area contributed by atoms with E-state index in [2.05, 4.69) is 33.7 Å². The van der Waals surface area contributed by atoms with Crippen LogP contribution in [-0.2, 0) is 6.42 Å². The lowest BCUT2D eigenvalue weighted by molar-refractivity contribution is 0.414. The standard InChI is InChI=1S/C21H23ClN4O/c1-27-16-4-2-3-14(10-16)17-11-15(17)12-23-18-7-8-26-19(9-13-5-6-13)24-25-21(26)20(18)22/h2-4,7-8,10,13,15,17,23H,5-6,9,11-12H2,1H3/t15-,17-/m1/s1. The van der Waals surface area contributed by atoms with Crippen LogP contribution in [0.15, 0.2) is 36.5 Å². The van der Waals surface area contributed by atoms with Crippen LogP contribution in [0.25, 0.3) is 5.65 Å². The zero-order chi connectivity index (χ0) is 18.4. The smallest absolute Gasteiger partial charge is 0.181 e. The number of hydrogen-bond donors (Lipinski definition) is 1. The van der Waals surface area contributed by atoms with Crippen LogP contribution in [0.4, 0.5) is 5.69 Å². The average Bonchev–Trinajstić information content (AvgIpc) is 3.61. The van der Waals surface area contributed by atoms with Gasteiger partial charge in [-0.15, -0.1) is 10.2 Å². The van der Waals surface area contributed by atoms with Crippen molar-refractivity contribution in [2.45, 2.75) is 31.6 Å². The number of aromatic nitrogens is 3. The van der Waals surface area contributed by atoms with Crippen molar-refractivity contribution >= 4 is 22.9 Å². The molecule has 2 aliphatic rings. The molecule has 0 amide bonds. The molecule has 5 rings (SSSR count). The number of benzene rings is 1. The van der Waals surface area contributed by atoms with E-state index < -0.39 is 0 Å². The molecule has 0 bridgehead atoms. The van der Waals surface area contributed by atoms with Gasteiger partial charge in [0.05, 0.1) is 12.8 Å². The molecule has 2 fully saturated rings. The highest BCUT2D eigenvalue weighted by Crippen LogP contribution is 2.48. The van der Waals surface area contributed by atoms with Gasteiger partial charge in [0.15, 0.2) is 5.65 Å². The number of halogens is 1.